The van der Waals surface area contributed by atoms with Crippen LogP contribution in [-0.4, -0.2) is 41.3 Å². The number of pyridine rings is 1. The molecule has 0 spiro atoms. The van der Waals surface area contributed by atoms with Gasteiger partial charge in [-0.25, -0.2) is 14.3 Å². The van der Waals surface area contributed by atoms with E-state index in [9.17, 15) is 18.7 Å². The minimum atomic E-state index is -0.829. The number of morpholine rings is 1. The van der Waals surface area contributed by atoms with Gasteiger partial charge < -0.3 is 20.1 Å². The summed E-state index contributed by atoms with van der Waals surface area (Å²) in [6, 6.07) is 9.98. The largest absolute Gasteiger partial charge is 0.379 e. The van der Waals surface area contributed by atoms with Crippen molar-refractivity contribution < 1.29 is 18.6 Å². The molecule has 1 aliphatic heterocycles. The van der Waals surface area contributed by atoms with Crippen LogP contribution in [0.25, 0.3) is 16.6 Å². The van der Waals surface area contributed by atoms with Gasteiger partial charge in [0.05, 0.1) is 24.3 Å². The minimum absolute atomic E-state index is 0.0111. The first-order valence-corrected chi connectivity index (χ1v) is 9.92. The third-order valence-corrected chi connectivity index (χ3v) is 5.25. The van der Waals surface area contributed by atoms with E-state index < -0.39 is 23.4 Å². The van der Waals surface area contributed by atoms with Gasteiger partial charge in [0.2, 0.25) is 0 Å². The fourth-order valence-electron chi connectivity index (χ4n) is 3.53. The third-order valence-electron chi connectivity index (χ3n) is 5.25. The summed E-state index contributed by atoms with van der Waals surface area (Å²) < 4.78 is 32.8. The Morgan fingerprint density at radius 2 is 1.94 bits per heavy atom. The summed E-state index contributed by atoms with van der Waals surface area (Å²) in [5.41, 5.74) is 8.09. The van der Waals surface area contributed by atoms with Crippen molar-refractivity contribution in [3.05, 3.63) is 81.8 Å². The molecule has 0 aliphatic carbocycles. The van der Waals surface area contributed by atoms with Crippen LogP contribution < -0.4 is 10.9 Å². The predicted molar refractivity (Wildman–Crippen MR) is 115 cm³/mol. The van der Waals surface area contributed by atoms with Crippen LogP contribution >= 0.6 is 0 Å². The fourth-order valence-corrected chi connectivity index (χ4v) is 3.53. The molecule has 4 rings (SSSR count). The Balaban J connectivity index is 1.55. The summed E-state index contributed by atoms with van der Waals surface area (Å²) >= 11 is 0. The maximum Gasteiger partial charge on any atom is 0.258 e. The SMILES string of the molecule is N=N/C(=C\Nc1ccc(C(O)N2CCOCC2)cc1)c1cc2c(F)cc(F)cc2[nH]c1=O. The van der Waals surface area contributed by atoms with Gasteiger partial charge in [-0.15, -0.1) is 0 Å². The Labute approximate surface area is 181 Å². The van der Waals surface area contributed by atoms with Gasteiger partial charge in [-0.2, -0.15) is 5.11 Å². The van der Waals surface area contributed by atoms with E-state index >= 15 is 0 Å². The number of benzene rings is 2. The van der Waals surface area contributed by atoms with E-state index in [-0.39, 0.29) is 22.2 Å². The maximum absolute atomic E-state index is 14.1. The molecule has 3 aromatic rings. The highest BCUT2D eigenvalue weighted by molar-refractivity contribution is 5.83. The van der Waals surface area contributed by atoms with Gasteiger partial charge in [-0.1, -0.05) is 12.1 Å². The highest BCUT2D eigenvalue weighted by Crippen LogP contribution is 2.23. The molecule has 2 heterocycles. The summed E-state index contributed by atoms with van der Waals surface area (Å²) in [6.07, 6.45) is 0.608. The number of rotatable bonds is 6. The number of nitrogens with zero attached hydrogens (tertiary/aromatic N) is 2. The van der Waals surface area contributed by atoms with Crippen LogP contribution in [0.2, 0.25) is 0 Å². The van der Waals surface area contributed by atoms with Gasteiger partial charge in [0.15, 0.2) is 0 Å². The quantitative estimate of drug-likeness (QED) is 0.437. The monoisotopic (exact) mass is 441 g/mol. The number of aliphatic hydroxyl groups excluding tert-OH is 1. The average Bonchev–Trinajstić information content (AvgIpc) is 2.80. The predicted octanol–water partition coefficient (Wildman–Crippen LogP) is 3.57. The molecule has 0 bridgehead atoms. The van der Waals surface area contributed by atoms with Crippen LogP contribution in [0.4, 0.5) is 14.5 Å². The van der Waals surface area contributed by atoms with Gasteiger partial charge in [-0.05, 0) is 29.8 Å². The van der Waals surface area contributed by atoms with Crippen LogP contribution in [0.1, 0.15) is 17.4 Å². The van der Waals surface area contributed by atoms with Gasteiger partial charge in [0.25, 0.3) is 5.56 Å². The Bertz CT molecular complexity index is 1220. The lowest BCUT2D eigenvalue weighted by Gasteiger charge is -2.31. The van der Waals surface area contributed by atoms with E-state index in [1.165, 1.54) is 12.3 Å². The van der Waals surface area contributed by atoms with Crippen LogP contribution in [0, 0.1) is 17.2 Å². The molecule has 1 unspecified atom stereocenters. The molecular formula is C22H21F2N5O3. The zero-order valence-electron chi connectivity index (χ0n) is 16.9. The Morgan fingerprint density at radius 3 is 2.62 bits per heavy atom. The lowest BCUT2D eigenvalue weighted by molar-refractivity contribution is -0.0603. The molecular weight excluding hydrogens is 420 g/mol. The number of aromatic nitrogens is 1. The van der Waals surface area contributed by atoms with E-state index in [1.807, 2.05) is 4.90 Å². The summed E-state index contributed by atoms with van der Waals surface area (Å²) in [7, 11) is 0. The van der Waals surface area contributed by atoms with E-state index in [0.717, 1.165) is 17.7 Å². The van der Waals surface area contributed by atoms with Crippen molar-refractivity contribution in [3.63, 3.8) is 0 Å². The molecule has 1 fully saturated rings. The first kappa shape index (κ1) is 21.8. The van der Waals surface area contributed by atoms with E-state index in [4.69, 9.17) is 10.3 Å². The number of aliphatic hydroxyl groups is 1. The first-order valence-electron chi connectivity index (χ1n) is 9.92. The molecule has 0 saturated carbocycles. The van der Waals surface area contributed by atoms with Crippen molar-refractivity contribution in [3.8, 4) is 0 Å². The highest BCUT2D eigenvalue weighted by Gasteiger charge is 2.20. The lowest BCUT2D eigenvalue weighted by Crippen LogP contribution is -2.38. The zero-order chi connectivity index (χ0) is 22.7. The molecule has 1 aliphatic rings. The number of fused-ring (bicyclic) bond motifs is 1. The van der Waals surface area contributed by atoms with Gasteiger partial charge in [-0.3, -0.25) is 9.69 Å². The summed E-state index contributed by atoms with van der Waals surface area (Å²) in [4.78, 5) is 16.7. The Hall–Kier alpha value is -3.47. The van der Waals surface area contributed by atoms with Crippen molar-refractivity contribution >= 4 is 22.3 Å². The third kappa shape index (κ3) is 4.57. The van der Waals surface area contributed by atoms with Crippen molar-refractivity contribution in [2.45, 2.75) is 6.23 Å². The van der Waals surface area contributed by atoms with Crippen LogP contribution in [0.5, 0.6) is 0 Å². The number of halogens is 2. The smallest absolute Gasteiger partial charge is 0.258 e. The minimum Gasteiger partial charge on any atom is -0.379 e. The molecule has 1 saturated heterocycles. The number of H-pyrrole nitrogens is 1. The second kappa shape index (κ2) is 9.35. The number of hydrogen-bond donors (Lipinski definition) is 4. The van der Waals surface area contributed by atoms with Crippen molar-refractivity contribution in [2.75, 3.05) is 31.6 Å². The van der Waals surface area contributed by atoms with E-state index in [2.05, 4.69) is 15.4 Å². The second-order valence-corrected chi connectivity index (χ2v) is 7.29. The Kier molecular flexibility index (Phi) is 6.35. The van der Waals surface area contributed by atoms with E-state index in [0.29, 0.717) is 32.0 Å². The van der Waals surface area contributed by atoms with Gasteiger partial charge in [0, 0.05) is 36.4 Å². The van der Waals surface area contributed by atoms with Crippen LogP contribution in [0.15, 0.2) is 58.6 Å². The summed E-state index contributed by atoms with van der Waals surface area (Å²) in [5.74, 6) is -1.63. The van der Waals surface area contributed by atoms with Gasteiger partial charge >= 0.3 is 0 Å². The van der Waals surface area contributed by atoms with Crippen LogP contribution in [0.3, 0.4) is 0 Å². The number of nitrogens with one attached hydrogen (secondary N) is 3. The average molecular weight is 441 g/mol. The molecule has 8 nitrogen and oxygen atoms in total. The standard InChI is InChI=1S/C22H21F2N5O3/c23-14-9-18(24)16-11-17(21(30)27-19(16)10-14)20(28-25)12-26-15-3-1-13(2-4-15)22(31)29-5-7-32-8-6-29/h1-4,9-12,22,25-26,31H,5-8H2,(H,27,30)/b20-12-,28-25?. The molecule has 166 valence electrons. The number of ether oxygens (including phenoxy) is 1. The molecule has 1 aromatic heterocycles. The molecule has 32 heavy (non-hydrogen) atoms. The van der Waals surface area contributed by atoms with Crippen LogP contribution in [-0.2, 0) is 4.74 Å². The Morgan fingerprint density at radius 1 is 1.22 bits per heavy atom. The molecule has 1 atom stereocenters. The lowest BCUT2D eigenvalue weighted by atomic mass is 10.1. The number of anilines is 1. The van der Waals surface area contributed by atoms with Gasteiger partial charge in [0.1, 0.15) is 23.6 Å². The molecule has 4 N–H and O–H groups in total. The normalized spacial score (nSPS) is 16.2. The molecule has 0 amide bonds. The first-order chi connectivity index (χ1) is 15.5. The summed E-state index contributed by atoms with van der Waals surface area (Å²) in [6.45, 7) is 2.44. The number of hydrogen-bond acceptors (Lipinski definition) is 7. The second-order valence-electron chi connectivity index (χ2n) is 7.29. The van der Waals surface area contributed by atoms with Crippen molar-refractivity contribution in [1.82, 2.24) is 9.88 Å². The fraction of sp³-hybridized carbons (Fsp3) is 0.227. The summed E-state index contributed by atoms with van der Waals surface area (Å²) in [5, 5.41) is 16.8. The topological polar surface area (TPSA) is 114 Å². The highest BCUT2D eigenvalue weighted by atomic mass is 19.1. The zero-order valence-corrected chi connectivity index (χ0v) is 16.9. The number of aromatic amines is 1. The van der Waals surface area contributed by atoms with Crippen molar-refractivity contribution in [2.24, 2.45) is 5.11 Å². The van der Waals surface area contributed by atoms with Crippen molar-refractivity contribution in [1.29, 1.82) is 5.53 Å². The maximum atomic E-state index is 14.1. The van der Waals surface area contributed by atoms with E-state index in [1.54, 1.807) is 24.3 Å². The molecule has 2 aromatic carbocycles. The molecule has 10 heteroatoms. The molecule has 0 radical (unpaired) electrons.